The van der Waals surface area contributed by atoms with Gasteiger partial charge in [-0.25, -0.2) is 0 Å². The summed E-state index contributed by atoms with van der Waals surface area (Å²) in [6.45, 7) is 36.9. The lowest BCUT2D eigenvalue weighted by molar-refractivity contribution is 0.222. The molecule has 3 aliphatic heterocycles. The highest BCUT2D eigenvalue weighted by Gasteiger charge is 2.64. The number of aryl methyl sites for hydroxylation is 1. The molecule has 0 spiro atoms. The molecular formula is C73H85BN2O2. The molecule has 6 atom stereocenters. The fourth-order valence-corrected chi connectivity index (χ4v) is 16.6. The number of benzene rings is 4. The van der Waals surface area contributed by atoms with Crippen LogP contribution in [0.15, 0.2) is 130 Å². The van der Waals surface area contributed by atoms with E-state index in [0.29, 0.717) is 5.92 Å². The van der Waals surface area contributed by atoms with Gasteiger partial charge in [0.25, 0.3) is 6.71 Å². The first kappa shape index (κ1) is 50.5. The predicted molar refractivity (Wildman–Crippen MR) is 329 cm³/mol. The van der Waals surface area contributed by atoms with Crippen molar-refractivity contribution >= 4 is 57.8 Å². The molecule has 78 heavy (non-hydrogen) atoms. The SMILES string of the molecule is CC1C=C2C(=CC1N1c3cc4c(cc3B3c5oc6c(c5N(c5ccc(C(C)(C)C)cc5)c5cc(C7CCc8ccccc8OC8CC=CC=C87)cc1c53)C1CC1(C(C)(C)C)C=C6)C(C)(C)CCC4(C)C)C(C)(C)CCC2(C)C. The molecule has 0 N–H and O–H groups in total. The van der Waals surface area contributed by atoms with E-state index in [4.69, 9.17) is 9.15 Å². The van der Waals surface area contributed by atoms with Crippen molar-refractivity contribution in [2.75, 3.05) is 9.80 Å². The van der Waals surface area contributed by atoms with Crippen LogP contribution in [0.4, 0.5) is 28.4 Å². The molecule has 6 aliphatic carbocycles. The van der Waals surface area contributed by atoms with Gasteiger partial charge >= 0.3 is 0 Å². The quantitative estimate of drug-likeness (QED) is 0.165. The predicted octanol–water partition coefficient (Wildman–Crippen LogP) is 17.3. The molecule has 2 saturated carbocycles. The lowest BCUT2D eigenvalue weighted by Gasteiger charge is -2.51. The Labute approximate surface area is 468 Å². The largest absolute Gasteiger partial charge is 0.485 e. The van der Waals surface area contributed by atoms with Gasteiger partial charge in [0.05, 0.1) is 17.4 Å². The van der Waals surface area contributed by atoms with Crippen LogP contribution in [0, 0.1) is 27.6 Å². The van der Waals surface area contributed by atoms with Crippen LogP contribution >= 0.6 is 0 Å². The highest BCUT2D eigenvalue weighted by Crippen LogP contribution is 2.73. The molecule has 4 aromatic carbocycles. The zero-order valence-corrected chi connectivity index (χ0v) is 49.8. The van der Waals surface area contributed by atoms with E-state index in [-0.39, 0.29) is 68.6 Å². The van der Waals surface area contributed by atoms with Crippen LogP contribution < -0.4 is 31.1 Å². The standard InChI is InChI=1S/C73H85BN2O2/c1-43-36-50-52(71(12,13)34-32-69(50,8)9)40-56(43)76-57-41-53-51(70(10,11)33-35-72(53,14)15)39-55(57)74-64-58(37-45(38-59(64)76)48-29-24-44-20-16-18-22-60(44)77-61-23-19-17-21-49(48)61)75(47-27-25-46(26-28-47)67(2,3)4)65-63-54-42-73(54,68(5,6)7)31-30-62(63)78-66(65)74/h16-22,25-28,30-31,36-41,43,48,54,56,61H,23-24,29,32-35,42H2,1-15H3. The van der Waals surface area contributed by atoms with Gasteiger partial charge in [0.1, 0.15) is 17.6 Å². The average molecular weight is 1030 g/mol. The molecule has 2 fully saturated rings. The number of anilines is 5. The molecule has 4 heterocycles. The van der Waals surface area contributed by atoms with Crippen LogP contribution in [0.1, 0.15) is 200 Å². The molecule has 1 aromatic heterocycles. The third-order valence-corrected chi connectivity index (χ3v) is 21.9. The summed E-state index contributed by atoms with van der Waals surface area (Å²) in [4.78, 5) is 5.62. The van der Waals surface area contributed by atoms with E-state index < -0.39 is 0 Å². The molecule has 14 rings (SSSR count). The van der Waals surface area contributed by atoms with Crippen LogP contribution in [-0.2, 0) is 22.7 Å². The van der Waals surface area contributed by atoms with Crippen LogP contribution in [-0.4, -0.2) is 18.9 Å². The first-order valence-corrected chi connectivity index (χ1v) is 30.3. The number of hydrogen-bond donors (Lipinski definition) is 0. The number of nitrogens with zero attached hydrogens (tertiary/aromatic N) is 2. The minimum absolute atomic E-state index is 0.0145. The zero-order valence-electron chi connectivity index (χ0n) is 49.8. The average Bonchev–Trinajstić information content (AvgIpc) is 2.52. The molecular weight excluding hydrogens is 948 g/mol. The smallest absolute Gasteiger partial charge is 0.297 e. The number of allylic oxidation sites excluding steroid dienone is 5. The van der Waals surface area contributed by atoms with Crippen molar-refractivity contribution in [3.8, 4) is 5.75 Å². The van der Waals surface area contributed by atoms with E-state index >= 15 is 0 Å². The maximum absolute atomic E-state index is 7.76. The van der Waals surface area contributed by atoms with Gasteiger partial charge in [0.15, 0.2) is 0 Å². The molecule has 4 nitrogen and oxygen atoms in total. The first-order chi connectivity index (χ1) is 36.8. The Bertz CT molecular complexity index is 3530. The molecule has 5 aromatic rings. The minimum atomic E-state index is -0.108. The van der Waals surface area contributed by atoms with Crippen molar-refractivity contribution in [1.82, 2.24) is 0 Å². The Morgan fingerprint density at radius 2 is 1.38 bits per heavy atom. The van der Waals surface area contributed by atoms with E-state index in [9.17, 15) is 0 Å². The number of fused-ring (bicyclic) bond motifs is 12. The Morgan fingerprint density at radius 1 is 0.718 bits per heavy atom. The normalized spacial score (nSPS) is 28.0. The molecule has 402 valence electrons. The lowest BCUT2D eigenvalue weighted by Crippen LogP contribution is -2.63. The summed E-state index contributed by atoms with van der Waals surface area (Å²) in [6, 6.07) is 29.4. The number of ether oxygens (including phenoxy) is 1. The number of rotatable bonds is 3. The molecule has 0 saturated heterocycles. The second kappa shape index (κ2) is 16.5. The van der Waals surface area contributed by atoms with Gasteiger partial charge in [-0.1, -0.05) is 177 Å². The van der Waals surface area contributed by atoms with Crippen molar-refractivity contribution in [3.63, 3.8) is 0 Å². The molecule has 0 amide bonds. The Balaban J connectivity index is 1.10. The van der Waals surface area contributed by atoms with Crippen LogP contribution in [0.25, 0.3) is 6.08 Å². The highest BCUT2D eigenvalue weighted by atomic mass is 16.5. The van der Waals surface area contributed by atoms with Crippen molar-refractivity contribution in [3.05, 3.63) is 165 Å². The Hall–Kier alpha value is -5.68. The Morgan fingerprint density at radius 3 is 2.09 bits per heavy atom. The van der Waals surface area contributed by atoms with Gasteiger partial charge in [-0.2, -0.15) is 0 Å². The first-order valence-electron chi connectivity index (χ1n) is 30.3. The highest BCUT2D eigenvalue weighted by molar-refractivity contribution is 6.99. The summed E-state index contributed by atoms with van der Waals surface area (Å²) in [7, 11) is 0. The van der Waals surface area contributed by atoms with E-state index in [1.807, 2.05) is 0 Å². The topological polar surface area (TPSA) is 28.9 Å². The molecule has 0 radical (unpaired) electrons. The number of furan rings is 1. The molecule has 5 heteroatoms. The van der Waals surface area contributed by atoms with Gasteiger partial charge in [-0.3, -0.25) is 0 Å². The van der Waals surface area contributed by atoms with E-state index in [1.165, 1.54) is 91.2 Å². The van der Waals surface area contributed by atoms with Crippen molar-refractivity contribution in [2.45, 2.75) is 195 Å². The zero-order chi connectivity index (χ0) is 54.6. The van der Waals surface area contributed by atoms with Crippen molar-refractivity contribution in [2.24, 2.45) is 27.6 Å². The second-order valence-electron chi connectivity index (χ2n) is 30.5. The van der Waals surface area contributed by atoms with Crippen LogP contribution in [0.3, 0.4) is 0 Å². The summed E-state index contributed by atoms with van der Waals surface area (Å²) in [5.41, 5.74) is 23.7. The van der Waals surface area contributed by atoms with Gasteiger partial charge in [-0.15, -0.1) is 0 Å². The van der Waals surface area contributed by atoms with Crippen molar-refractivity contribution < 1.29 is 9.15 Å². The summed E-state index contributed by atoms with van der Waals surface area (Å²) < 4.78 is 14.9. The van der Waals surface area contributed by atoms with E-state index in [1.54, 1.807) is 11.1 Å². The third-order valence-electron chi connectivity index (χ3n) is 21.9. The van der Waals surface area contributed by atoms with Gasteiger partial charge in [0.2, 0.25) is 0 Å². The Kier molecular flexibility index (Phi) is 10.7. The molecule has 0 bridgehead atoms. The molecule has 6 unspecified atom stereocenters. The summed E-state index contributed by atoms with van der Waals surface area (Å²) in [6.07, 6.45) is 26.1. The van der Waals surface area contributed by atoms with E-state index in [2.05, 4.69) is 229 Å². The summed E-state index contributed by atoms with van der Waals surface area (Å²) in [5, 5.41) is 0. The van der Waals surface area contributed by atoms with Crippen LogP contribution in [0.2, 0.25) is 0 Å². The third kappa shape index (κ3) is 7.29. The van der Waals surface area contributed by atoms with Gasteiger partial charge in [-0.05, 0) is 181 Å². The van der Waals surface area contributed by atoms with Crippen molar-refractivity contribution in [1.29, 1.82) is 0 Å². The maximum atomic E-state index is 7.76. The molecule has 9 aliphatic rings. The lowest BCUT2D eigenvalue weighted by atomic mass is 9.35. The maximum Gasteiger partial charge on any atom is 0.297 e. The summed E-state index contributed by atoms with van der Waals surface area (Å²) in [5.74, 6) is 2.85. The fraction of sp³-hybridized carbons (Fsp3) is 0.479. The number of hydrogen-bond acceptors (Lipinski definition) is 4. The number of para-hydroxylation sites is 1. The summed E-state index contributed by atoms with van der Waals surface area (Å²) >= 11 is 0. The minimum Gasteiger partial charge on any atom is -0.485 e. The fourth-order valence-electron chi connectivity index (χ4n) is 16.6. The monoisotopic (exact) mass is 1030 g/mol. The van der Waals surface area contributed by atoms with Crippen LogP contribution in [0.5, 0.6) is 5.75 Å². The van der Waals surface area contributed by atoms with E-state index in [0.717, 1.165) is 55.7 Å². The second-order valence-corrected chi connectivity index (χ2v) is 30.5. The van der Waals surface area contributed by atoms with Gasteiger partial charge in [0, 0.05) is 52.0 Å². The van der Waals surface area contributed by atoms with Gasteiger partial charge < -0.3 is 19.0 Å².